The summed E-state index contributed by atoms with van der Waals surface area (Å²) in [5.41, 5.74) is 4.45. The Morgan fingerprint density at radius 3 is 2.19 bits per heavy atom. The fourth-order valence-electron chi connectivity index (χ4n) is 3.93. The summed E-state index contributed by atoms with van der Waals surface area (Å²) in [6.07, 6.45) is -1.51. The number of carbonyl (C=O) groups excluding carboxylic acids is 1. The van der Waals surface area contributed by atoms with E-state index < -0.39 is 24.2 Å². The molecule has 26 heavy (non-hydrogen) atoms. The largest absolute Gasteiger partial charge is 0.480 e. The molecule has 0 bridgehead atoms. The average molecular weight is 353 g/mol. The standard InChI is InChI=1S/C20H19NO5/c22-12-9-18(19(23)24)21(10-12)20(25)26-11-17-15-7-3-1-5-13(15)14-6-2-4-8-16(14)17/h1-8,12,17-18,22H,9-11H2,(H,23,24)/t12-,18?/m0/s1. The number of aliphatic hydroxyl groups is 1. The fourth-order valence-corrected chi connectivity index (χ4v) is 3.93. The van der Waals surface area contributed by atoms with E-state index in [2.05, 4.69) is 0 Å². The number of nitrogens with zero attached hydrogens (tertiary/aromatic N) is 1. The molecule has 2 atom stereocenters. The number of rotatable bonds is 3. The van der Waals surface area contributed by atoms with Gasteiger partial charge < -0.3 is 14.9 Å². The van der Waals surface area contributed by atoms with Crippen molar-refractivity contribution in [2.45, 2.75) is 24.5 Å². The lowest BCUT2D eigenvalue weighted by atomic mass is 9.98. The highest BCUT2D eigenvalue weighted by molar-refractivity contribution is 5.81. The summed E-state index contributed by atoms with van der Waals surface area (Å²) >= 11 is 0. The van der Waals surface area contributed by atoms with Gasteiger partial charge in [-0.3, -0.25) is 4.90 Å². The van der Waals surface area contributed by atoms with Crippen LogP contribution in [0.15, 0.2) is 48.5 Å². The van der Waals surface area contributed by atoms with Gasteiger partial charge in [0.05, 0.1) is 12.6 Å². The van der Waals surface area contributed by atoms with E-state index >= 15 is 0 Å². The molecule has 0 aromatic heterocycles. The molecule has 2 N–H and O–H groups in total. The Morgan fingerprint density at radius 2 is 1.62 bits per heavy atom. The first kappa shape index (κ1) is 16.6. The maximum atomic E-state index is 12.4. The quantitative estimate of drug-likeness (QED) is 0.885. The Hall–Kier alpha value is -2.86. The smallest absolute Gasteiger partial charge is 0.410 e. The molecule has 134 valence electrons. The summed E-state index contributed by atoms with van der Waals surface area (Å²) in [7, 11) is 0. The minimum atomic E-state index is -1.13. The van der Waals surface area contributed by atoms with Gasteiger partial charge >= 0.3 is 12.1 Å². The maximum Gasteiger partial charge on any atom is 0.410 e. The number of β-amino-alcohol motifs (C(OH)–C–C–N with tert-alkyl or cyclic N) is 1. The predicted molar refractivity (Wildman–Crippen MR) is 93.8 cm³/mol. The Kier molecular flexibility index (Phi) is 4.12. The number of amides is 1. The summed E-state index contributed by atoms with van der Waals surface area (Å²) in [5, 5.41) is 18.9. The van der Waals surface area contributed by atoms with Crippen molar-refractivity contribution < 1.29 is 24.5 Å². The van der Waals surface area contributed by atoms with Crippen molar-refractivity contribution in [1.82, 2.24) is 4.90 Å². The summed E-state index contributed by atoms with van der Waals surface area (Å²) in [6, 6.07) is 15.0. The molecular weight excluding hydrogens is 334 g/mol. The minimum absolute atomic E-state index is 0.0202. The van der Waals surface area contributed by atoms with Crippen LogP contribution >= 0.6 is 0 Å². The van der Waals surface area contributed by atoms with Crippen LogP contribution in [0.5, 0.6) is 0 Å². The average Bonchev–Trinajstić information content (AvgIpc) is 3.18. The van der Waals surface area contributed by atoms with Crippen LogP contribution < -0.4 is 0 Å². The molecule has 1 fully saturated rings. The monoisotopic (exact) mass is 353 g/mol. The number of hydrogen-bond acceptors (Lipinski definition) is 4. The van der Waals surface area contributed by atoms with E-state index in [4.69, 9.17) is 4.74 Å². The fraction of sp³-hybridized carbons (Fsp3) is 0.300. The number of hydrogen-bond donors (Lipinski definition) is 2. The third-order valence-electron chi connectivity index (χ3n) is 5.13. The second kappa shape index (κ2) is 6.46. The van der Waals surface area contributed by atoms with Crippen LogP contribution in [0.1, 0.15) is 23.5 Å². The van der Waals surface area contributed by atoms with Crippen molar-refractivity contribution in [3.63, 3.8) is 0 Å². The van der Waals surface area contributed by atoms with Gasteiger partial charge in [-0.1, -0.05) is 48.5 Å². The highest BCUT2D eigenvalue weighted by Gasteiger charge is 2.40. The zero-order valence-electron chi connectivity index (χ0n) is 14.0. The molecule has 1 aliphatic carbocycles. The Labute approximate surface area is 150 Å². The normalized spacial score (nSPS) is 21.3. The Bertz CT molecular complexity index is 819. The van der Waals surface area contributed by atoms with Crippen LogP contribution in [-0.4, -0.2) is 52.5 Å². The number of ether oxygens (including phenoxy) is 1. The summed E-state index contributed by atoms with van der Waals surface area (Å²) in [4.78, 5) is 24.8. The maximum absolute atomic E-state index is 12.4. The first-order valence-corrected chi connectivity index (χ1v) is 8.58. The van der Waals surface area contributed by atoms with Crippen molar-refractivity contribution in [3.05, 3.63) is 59.7 Å². The van der Waals surface area contributed by atoms with Gasteiger partial charge in [-0.15, -0.1) is 0 Å². The SMILES string of the molecule is O=C(O)C1C[C@H](O)CN1C(=O)OCC1c2ccccc2-c2ccccc21. The molecule has 0 saturated carbocycles. The topological polar surface area (TPSA) is 87.1 Å². The van der Waals surface area contributed by atoms with Crippen LogP contribution in [-0.2, 0) is 9.53 Å². The van der Waals surface area contributed by atoms with Gasteiger partial charge in [-0.05, 0) is 22.3 Å². The number of carboxylic acids is 1. The predicted octanol–water partition coefficient (Wildman–Crippen LogP) is 2.46. The number of aliphatic carboxylic acids is 1. The van der Waals surface area contributed by atoms with Gasteiger partial charge in [0, 0.05) is 12.3 Å². The third-order valence-corrected chi connectivity index (χ3v) is 5.13. The molecule has 4 rings (SSSR count). The first-order chi connectivity index (χ1) is 12.6. The summed E-state index contributed by atoms with van der Waals surface area (Å²) < 4.78 is 5.46. The second-order valence-corrected chi connectivity index (χ2v) is 6.70. The molecular formula is C20H19NO5. The molecule has 2 aromatic carbocycles. The molecule has 6 heteroatoms. The van der Waals surface area contributed by atoms with Crippen molar-refractivity contribution in [3.8, 4) is 11.1 Å². The second-order valence-electron chi connectivity index (χ2n) is 6.70. The van der Waals surface area contributed by atoms with Crippen molar-refractivity contribution in [2.75, 3.05) is 13.2 Å². The lowest BCUT2D eigenvalue weighted by Crippen LogP contribution is -2.41. The summed E-state index contributed by atoms with van der Waals surface area (Å²) in [6.45, 7) is 0.111. The lowest BCUT2D eigenvalue weighted by molar-refractivity contribution is -0.141. The van der Waals surface area contributed by atoms with Gasteiger partial charge in [-0.2, -0.15) is 0 Å². The van der Waals surface area contributed by atoms with Crippen LogP contribution in [0.4, 0.5) is 4.79 Å². The van der Waals surface area contributed by atoms with E-state index in [1.807, 2.05) is 48.5 Å². The molecule has 1 saturated heterocycles. The number of benzene rings is 2. The van der Waals surface area contributed by atoms with E-state index in [0.717, 1.165) is 27.2 Å². The summed E-state index contributed by atoms with van der Waals surface area (Å²) in [5.74, 6) is -1.21. The lowest BCUT2D eigenvalue weighted by Gasteiger charge is -2.22. The highest BCUT2D eigenvalue weighted by Crippen LogP contribution is 2.44. The molecule has 2 aliphatic rings. The first-order valence-electron chi connectivity index (χ1n) is 8.58. The van der Waals surface area contributed by atoms with Crippen molar-refractivity contribution >= 4 is 12.1 Å². The van der Waals surface area contributed by atoms with Crippen LogP contribution in [0, 0.1) is 0 Å². The van der Waals surface area contributed by atoms with Crippen LogP contribution in [0.25, 0.3) is 11.1 Å². The number of aliphatic hydroxyl groups excluding tert-OH is 1. The Balaban J connectivity index is 1.53. The van der Waals surface area contributed by atoms with Gasteiger partial charge in [-0.25, -0.2) is 9.59 Å². The molecule has 2 aromatic rings. The van der Waals surface area contributed by atoms with Crippen molar-refractivity contribution in [1.29, 1.82) is 0 Å². The molecule has 0 spiro atoms. The zero-order chi connectivity index (χ0) is 18.3. The highest BCUT2D eigenvalue weighted by atomic mass is 16.6. The van der Waals surface area contributed by atoms with Crippen LogP contribution in [0.2, 0.25) is 0 Å². The molecule has 1 aliphatic heterocycles. The van der Waals surface area contributed by atoms with E-state index in [1.165, 1.54) is 0 Å². The number of fused-ring (bicyclic) bond motifs is 3. The minimum Gasteiger partial charge on any atom is -0.480 e. The van der Waals surface area contributed by atoms with Gasteiger partial charge in [0.15, 0.2) is 0 Å². The van der Waals surface area contributed by atoms with E-state index in [0.29, 0.717) is 0 Å². The van der Waals surface area contributed by atoms with E-state index in [9.17, 15) is 19.8 Å². The zero-order valence-corrected chi connectivity index (χ0v) is 14.0. The molecule has 1 unspecified atom stereocenters. The van der Waals surface area contributed by atoms with E-state index in [1.54, 1.807) is 0 Å². The van der Waals surface area contributed by atoms with Gasteiger partial charge in [0.1, 0.15) is 12.6 Å². The Morgan fingerprint density at radius 1 is 1.04 bits per heavy atom. The molecule has 6 nitrogen and oxygen atoms in total. The van der Waals surface area contributed by atoms with E-state index in [-0.39, 0.29) is 25.5 Å². The molecule has 1 amide bonds. The van der Waals surface area contributed by atoms with Gasteiger partial charge in [0.25, 0.3) is 0 Å². The number of likely N-dealkylation sites (tertiary alicyclic amines) is 1. The number of carbonyl (C=O) groups is 2. The third kappa shape index (κ3) is 2.72. The molecule has 1 heterocycles. The number of carboxylic acid groups (broad SMARTS) is 1. The van der Waals surface area contributed by atoms with Gasteiger partial charge in [0.2, 0.25) is 0 Å². The van der Waals surface area contributed by atoms with Crippen molar-refractivity contribution in [2.24, 2.45) is 0 Å². The molecule has 0 radical (unpaired) electrons. The van der Waals surface area contributed by atoms with Crippen LogP contribution in [0.3, 0.4) is 0 Å².